The fourth-order valence-corrected chi connectivity index (χ4v) is 2.54. The van der Waals surface area contributed by atoms with Gasteiger partial charge in [-0.25, -0.2) is 8.42 Å². The van der Waals surface area contributed by atoms with Gasteiger partial charge in [0, 0.05) is 25.3 Å². The van der Waals surface area contributed by atoms with Crippen molar-refractivity contribution in [2.75, 3.05) is 30.3 Å². The molecule has 96 valence electrons. The highest BCUT2D eigenvalue weighted by molar-refractivity contribution is 7.91. The predicted molar refractivity (Wildman–Crippen MR) is 71.1 cm³/mol. The van der Waals surface area contributed by atoms with Gasteiger partial charge in [0.1, 0.15) is 0 Å². The Hall–Kier alpha value is -1.07. The molecule has 4 nitrogen and oxygen atoms in total. The number of anilines is 1. The van der Waals surface area contributed by atoms with Gasteiger partial charge in [-0.05, 0) is 31.2 Å². The third-order valence-corrected chi connectivity index (χ3v) is 4.47. The van der Waals surface area contributed by atoms with Gasteiger partial charge in [0.15, 0.2) is 9.84 Å². The lowest BCUT2D eigenvalue weighted by molar-refractivity contribution is 0.597. The zero-order valence-electron chi connectivity index (χ0n) is 10.4. The molecule has 0 unspecified atom stereocenters. The fraction of sp³-hybridized carbons (Fsp3) is 0.500. The maximum atomic E-state index is 11.6. The number of benzene rings is 1. The summed E-state index contributed by atoms with van der Waals surface area (Å²) >= 11 is 0. The molecule has 0 radical (unpaired) electrons. The van der Waals surface area contributed by atoms with E-state index in [2.05, 4.69) is 4.90 Å². The van der Waals surface area contributed by atoms with Crippen LogP contribution in [0.15, 0.2) is 29.2 Å². The lowest BCUT2D eigenvalue weighted by Crippen LogP contribution is -2.28. The van der Waals surface area contributed by atoms with Crippen LogP contribution in [0.1, 0.15) is 13.8 Å². The van der Waals surface area contributed by atoms with E-state index in [0.29, 0.717) is 11.4 Å². The molecule has 0 bridgehead atoms. The van der Waals surface area contributed by atoms with E-state index in [4.69, 9.17) is 5.73 Å². The minimum atomic E-state index is -3.10. The maximum Gasteiger partial charge on any atom is 0.178 e. The summed E-state index contributed by atoms with van der Waals surface area (Å²) in [4.78, 5) is 2.50. The molecule has 1 aromatic rings. The van der Waals surface area contributed by atoms with Gasteiger partial charge in [-0.2, -0.15) is 0 Å². The molecular formula is C12H20N2O2S. The number of likely N-dealkylation sites (N-methyl/N-ethyl adjacent to an activating group) is 1. The van der Waals surface area contributed by atoms with Crippen LogP contribution in [0.5, 0.6) is 0 Å². The number of nitrogens with two attached hydrogens (primary N) is 1. The third kappa shape index (κ3) is 3.44. The zero-order valence-corrected chi connectivity index (χ0v) is 11.2. The van der Waals surface area contributed by atoms with Crippen LogP contribution in [0.3, 0.4) is 0 Å². The molecule has 0 atom stereocenters. The lowest BCUT2D eigenvalue weighted by Gasteiger charge is -2.22. The Morgan fingerprint density at radius 2 is 1.76 bits per heavy atom. The van der Waals surface area contributed by atoms with E-state index in [1.165, 1.54) is 0 Å². The van der Waals surface area contributed by atoms with Gasteiger partial charge in [0.2, 0.25) is 0 Å². The Balaban J connectivity index is 2.95. The third-order valence-electron chi connectivity index (χ3n) is 2.72. The zero-order chi connectivity index (χ0) is 12.9. The molecule has 17 heavy (non-hydrogen) atoms. The van der Waals surface area contributed by atoms with Crippen molar-refractivity contribution in [2.24, 2.45) is 5.73 Å². The summed E-state index contributed by atoms with van der Waals surface area (Å²) < 4.78 is 23.3. The highest BCUT2D eigenvalue weighted by atomic mass is 32.2. The lowest BCUT2D eigenvalue weighted by atomic mass is 10.3. The van der Waals surface area contributed by atoms with Crippen molar-refractivity contribution < 1.29 is 8.42 Å². The number of nitrogens with zero attached hydrogens (tertiary/aromatic N) is 1. The first-order valence-electron chi connectivity index (χ1n) is 5.83. The average Bonchev–Trinajstić information content (AvgIpc) is 2.36. The molecule has 0 aliphatic heterocycles. The summed E-state index contributed by atoms with van der Waals surface area (Å²) in [7, 11) is -3.10. The van der Waals surface area contributed by atoms with Crippen LogP contribution in [-0.4, -0.2) is 33.8 Å². The van der Waals surface area contributed by atoms with Crippen molar-refractivity contribution in [3.05, 3.63) is 24.3 Å². The van der Waals surface area contributed by atoms with Gasteiger partial charge in [-0.1, -0.05) is 6.92 Å². The number of hydrogen-bond donors (Lipinski definition) is 1. The topological polar surface area (TPSA) is 63.4 Å². The Bertz CT molecular complexity index is 440. The first kappa shape index (κ1) is 14.0. The second-order valence-corrected chi connectivity index (χ2v) is 6.04. The van der Waals surface area contributed by atoms with Gasteiger partial charge < -0.3 is 10.6 Å². The summed E-state index contributed by atoms with van der Waals surface area (Å²) in [5, 5.41) is 0. The first-order valence-corrected chi connectivity index (χ1v) is 7.48. The molecule has 0 spiro atoms. The molecule has 0 saturated carbocycles. The molecule has 1 rings (SSSR count). The molecule has 0 aliphatic carbocycles. The molecule has 2 N–H and O–H groups in total. The van der Waals surface area contributed by atoms with Crippen molar-refractivity contribution in [2.45, 2.75) is 18.7 Å². The van der Waals surface area contributed by atoms with Gasteiger partial charge in [0.25, 0.3) is 0 Å². The van der Waals surface area contributed by atoms with E-state index < -0.39 is 9.84 Å². The van der Waals surface area contributed by atoms with Gasteiger partial charge in [0.05, 0.1) is 10.6 Å². The number of rotatable bonds is 6. The SMILES string of the molecule is CCN(CCN)c1ccc(S(=O)(=O)CC)cc1. The fourth-order valence-electron chi connectivity index (χ4n) is 1.66. The highest BCUT2D eigenvalue weighted by Crippen LogP contribution is 2.18. The Morgan fingerprint density at radius 3 is 2.18 bits per heavy atom. The molecule has 0 aliphatic rings. The van der Waals surface area contributed by atoms with Crippen molar-refractivity contribution in [1.29, 1.82) is 0 Å². The van der Waals surface area contributed by atoms with Crippen LogP contribution in [0.2, 0.25) is 0 Å². The monoisotopic (exact) mass is 256 g/mol. The minimum absolute atomic E-state index is 0.132. The average molecular weight is 256 g/mol. The van der Waals surface area contributed by atoms with Crippen LogP contribution < -0.4 is 10.6 Å². The Kier molecular flexibility index (Phi) is 4.96. The van der Waals surface area contributed by atoms with Gasteiger partial charge in [-0.15, -0.1) is 0 Å². The molecule has 0 aromatic heterocycles. The Morgan fingerprint density at radius 1 is 1.18 bits per heavy atom. The molecular weight excluding hydrogens is 236 g/mol. The maximum absolute atomic E-state index is 11.6. The van der Waals surface area contributed by atoms with Crippen LogP contribution >= 0.6 is 0 Å². The first-order chi connectivity index (χ1) is 8.05. The molecule has 0 fully saturated rings. The summed E-state index contributed by atoms with van der Waals surface area (Å²) in [6.45, 7) is 5.92. The predicted octanol–water partition coefficient (Wildman–Crippen LogP) is 1.27. The van der Waals surface area contributed by atoms with E-state index in [1.54, 1.807) is 19.1 Å². The van der Waals surface area contributed by atoms with Crippen molar-refractivity contribution in [3.8, 4) is 0 Å². The molecule has 1 aromatic carbocycles. The molecule has 5 heteroatoms. The van der Waals surface area contributed by atoms with Crippen LogP contribution in [0.25, 0.3) is 0 Å². The summed E-state index contributed by atoms with van der Waals surface area (Å²) in [5.74, 6) is 0.132. The molecule has 0 saturated heterocycles. The summed E-state index contributed by atoms with van der Waals surface area (Å²) in [5.41, 5.74) is 6.53. The van der Waals surface area contributed by atoms with E-state index in [1.807, 2.05) is 19.1 Å². The smallest absolute Gasteiger partial charge is 0.178 e. The largest absolute Gasteiger partial charge is 0.371 e. The second-order valence-electron chi connectivity index (χ2n) is 3.77. The standard InChI is InChI=1S/C12H20N2O2S/c1-3-14(10-9-13)11-5-7-12(8-6-11)17(15,16)4-2/h5-8H,3-4,9-10,13H2,1-2H3. The summed E-state index contributed by atoms with van der Waals surface area (Å²) in [6, 6.07) is 6.99. The Labute approximate surface area is 103 Å². The van der Waals surface area contributed by atoms with Crippen LogP contribution in [0.4, 0.5) is 5.69 Å². The van der Waals surface area contributed by atoms with E-state index in [-0.39, 0.29) is 5.75 Å². The number of hydrogen-bond acceptors (Lipinski definition) is 4. The van der Waals surface area contributed by atoms with E-state index in [0.717, 1.165) is 18.8 Å². The highest BCUT2D eigenvalue weighted by Gasteiger charge is 2.11. The van der Waals surface area contributed by atoms with Crippen LogP contribution in [-0.2, 0) is 9.84 Å². The number of sulfone groups is 1. The quantitative estimate of drug-likeness (QED) is 0.832. The van der Waals surface area contributed by atoms with Crippen LogP contribution in [0, 0.1) is 0 Å². The normalized spacial score (nSPS) is 11.5. The van der Waals surface area contributed by atoms with Crippen molar-refractivity contribution >= 4 is 15.5 Å². The van der Waals surface area contributed by atoms with Gasteiger partial charge in [-0.3, -0.25) is 0 Å². The van der Waals surface area contributed by atoms with E-state index in [9.17, 15) is 8.42 Å². The minimum Gasteiger partial charge on any atom is -0.371 e. The molecule has 0 amide bonds. The van der Waals surface area contributed by atoms with Crippen molar-refractivity contribution in [3.63, 3.8) is 0 Å². The summed E-state index contributed by atoms with van der Waals surface area (Å²) in [6.07, 6.45) is 0. The van der Waals surface area contributed by atoms with Gasteiger partial charge >= 0.3 is 0 Å². The van der Waals surface area contributed by atoms with E-state index >= 15 is 0 Å². The molecule has 0 heterocycles. The van der Waals surface area contributed by atoms with Crippen molar-refractivity contribution in [1.82, 2.24) is 0 Å². The second kappa shape index (κ2) is 6.02.